The van der Waals surface area contributed by atoms with E-state index in [-0.39, 0.29) is 5.56 Å². The topological polar surface area (TPSA) is 42.0 Å². The maximum atomic E-state index is 13.4. The Balaban J connectivity index is 2.03. The zero-order valence-corrected chi connectivity index (χ0v) is 11.0. The summed E-state index contributed by atoms with van der Waals surface area (Å²) in [7, 11) is 0. The lowest BCUT2D eigenvalue weighted by Gasteiger charge is -2.03. The number of hydrogen-bond acceptors (Lipinski definition) is 3. The van der Waals surface area contributed by atoms with Gasteiger partial charge in [-0.15, -0.1) is 11.3 Å². The molecule has 2 aromatic rings. The molecule has 0 aliphatic carbocycles. The lowest BCUT2D eigenvalue weighted by molar-refractivity contribution is 0.0947. The van der Waals surface area contributed by atoms with Crippen molar-refractivity contribution in [3.8, 4) is 0 Å². The lowest BCUT2D eigenvalue weighted by atomic mass is 10.2. The van der Waals surface area contributed by atoms with Gasteiger partial charge in [-0.3, -0.25) is 4.79 Å². The highest BCUT2D eigenvalue weighted by atomic mass is 32.1. The summed E-state index contributed by atoms with van der Waals surface area (Å²) in [6, 6.07) is 5.92. The molecule has 1 amide bonds. The smallest absolute Gasteiger partial charge is 0.254 e. The van der Waals surface area contributed by atoms with E-state index in [9.17, 15) is 9.18 Å². The summed E-state index contributed by atoms with van der Waals surface area (Å²) in [4.78, 5) is 17.2. The summed E-state index contributed by atoms with van der Waals surface area (Å²) >= 11 is 1.54. The van der Waals surface area contributed by atoms with Crippen LogP contribution in [0.15, 0.2) is 24.3 Å². The SMILES string of the molecule is Cc1nc(CNC(=O)c2ccccc2F)sc1C. The fraction of sp³-hybridized carbons (Fsp3) is 0.231. The van der Waals surface area contributed by atoms with Crippen molar-refractivity contribution in [2.75, 3.05) is 0 Å². The minimum atomic E-state index is -0.513. The Morgan fingerprint density at radius 1 is 1.39 bits per heavy atom. The summed E-state index contributed by atoms with van der Waals surface area (Å²) in [5.41, 5.74) is 1.03. The number of nitrogens with zero attached hydrogens (tertiary/aromatic N) is 1. The number of carbonyl (C=O) groups is 1. The number of hydrogen-bond donors (Lipinski definition) is 1. The van der Waals surface area contributed by atoms with Gasteiger partial charge >= 0.3 is 0 Å². The summed E-state index contributed by atoms with van der Waals surface area (Å²) < 4.78 is 13.4. The van der Waals surface area contributed by atoms with Gasteiger partial charge in [-0.05, 0) is 26.0 Å². The van der Waals surface area contributed by atoms with Gasteiger partial charge in [-0.1, -0.05) is 12.1 Å². The fourth-order valence-corrected chi connectivity index (χ4v) is 2.38. The predicted octanol–water partition coefficient (Wildman–Crippen LogP) is 2.83. The largest absolute Gasteiger partial charge is 0.345 e. The minimum absolute atomic E-state index is 0.0579. The first-order chi connectivity index (χ1) is 8.58. The number of benzene rings is 1. The number of aryl methyl sites for hydroxylation is 2. The molecule has 0 aliphatic heterocycles. The first-order valence-corrected chi connectivity index (χ1v) is 6.35. The second kappa shape index (κ2) is 5.27. The molecular formula is C13H13FN2OS. The highest BCUT2D eigenvalue weighted by Crippen LogP contribution is 2.16. The number of carbonyl (C=O) groups excluding carboxylic acids is 1. The Kier molecular flexibility index (Phi) is 3.72. The van der Waals surface area contributed by atoms with Crippen LogP contribution in [0.2, 0.25) is 0 Å². The summed E-state index contributed by atoms with van der Waals surface area (Å²) in [5.74, 6) is -0.930. The molecule has 0 saturated heterocycles. The molecule has 5 heteroatoms. The van der Waals surface area contributed by atoms with Crippen LogP contribution >= 0.6 is 11.3 Å². The van der Waals surface area contributed by atoms with Crippen LogP contribution in [0.4, 0.5) is 4.39 Å². The van der Waals surface area contributed by atoms with E-state index < -0.39 is 11.7 Å². The van der Waals surface area contributed by atoms with E-state index in [0.717, 1.165) is 15.6 Å². The zero-order chi connectivity index (χ0) is 13.1. The van der Waals surface area contributed by atoms with Crippen LogP contribution in [0.25, 0.3) is 0 Å². The number of aromatic nitrogens is 1. The number of thiazole rings is 1. The van der Waals surface area contributed by atoms with Crippen molar-refractivity contribution >= 4 is 17.2 Å². The van der Waals surface area contributed by atoms with Crippen molar-refractivity contribution in [3.05, 3.63) is 51.2 Å². The van der Waals surface area contributed by atoms with Gasteiger partial charge in [0.2, 0.25) is 0 Å². The Bertz CT molecular complexity index is 561. The molecule has 18 heavy (non-hydrogen) atoms. The van der Waals surface area contributed by atoms with Crippen molar-refractivity contribution in [1.82, 2.24) is 10.3 Å². The highest BCUT2D eigenvalue weighted by Gasteiger charge is 2.11. The number of halogens is 1. The highest BCUT2D eigenvalue weighted by molar-refractivity contribution is 7.11. The van der Waals surface area contributed by atoms with E-state index in [0.29, 0.717) is 6.54 Å². The van der Waals surface area contributed by atoms with E-state index in [1.54, 1.807) is 12.1 Å². The molecule has 3 nitrogen and oxygen atoms in total. The average Bonchev–Trinajstić information content (AvgIpc) is 2.66. The van der Waals surface area contributed by atoms with Gasteiger partial charge in [0.05, 0.1) is 17.8 Å². The third-order valence-electron chi connectivity index (χ3n) is 2.59. The molecule has 1 N–H and O–H groups in total. The summed E-state index contributed by atoms with van der Waals surface area (Å²) in [6.07, 6.45) is 0. The Morgan fingerprint density at radius 3 is 2.72 bits per heavy atom. The number of amides is 1. The predicted molar refractivity (Wildman–Crippen MR) is 69.2 cm³/mol. The molecule has 0 saturated carbocycles. The zero-order valence-electron chi connectivity index (χ0n) is 10.2. The van der Waals surface area contributed by atoms with Crippen LogP contribution < -0.4 is 5.32 Å². The van der Waals surface area contributed by atoms with Crippen molar-refractivity contribution in [2.24, 2.45) is 0 Å². The first-order valence-electron chi connectivity index (χ1n) is 5.53. The van der Waals surface area contributed by atoms with E-state index in [4.69, 9.17) is 0 Å². The summed E-state index contributed by atoms with van der Waals surface area (Å²) in [5, 5.41) is 3.49. The number of rotatable bonds is 3. The van der Waals surface area contributed by atoms with Crippen LogP contribution in [-0.4, -0.2) is 10.9 Å². The molecule has 0 fully saturated rings. The van der Waals surface area contributed by atoms with Crippen LogP contribution in [-0.2, 0) is 6.54 Å². The van der Waals surface area contributed by atoms with Gasteiger partial charge in [0.25, 0.3) is 5.91 Å². The average molecular weight is 264 g/mol. The van der Waals surface area contributed by atoms with Crippen molar-refractivity contribution < 1.29 is 9.18 Å². The van der Waals surface area contributed by atoms with E-state index in [1.807, 2.05) is 13.8 Å². The van der Waals surface area contributed by atoms with Gasteiger partial charge < -0.3 is 5.32 Å². The molecule has 2 rings (SSSR count). The Morgan fingerprint density at radius 2 is 2.11 bits per heavy atom. The van der Waals surface area contributed by atoms with Gasteiger partial charge in [0, 0.05) is 4.88 Å². The molecule has 1 aromatic heterocycles. The fourth-order valence-electron chi connectivity index (χ4n) is 1.51. The Hall–Kier alpha value is -1.75. The first kappa shape index (κ1) is 12.7. The lowest BCUT2D eigenvalue weighted by Crippen LogP contribution is -2.23. The quantitative estimate of drug-likeness (QED) is 0.926. The standard InChI is InChI=1S/C13H13FN2OS/c1-8-9(2)18-12(16-8)7-15-13(17)10-5-3-4-6-11(10)14/h3-6H,7H2,1-2H3,(H,15,17). The van der Waals surface area contributed by atoms with Gasteiger partial charge in [0.15, 0.2) is 0 Å². The van der Waals surface area contributed by atoms with Crippen LogP contribution in [0, 0.1) is 19.7 Å². The van der Waals surface area contributed by atoms with E-state index in [1.165, 1.54) is 23.5 Å². The van der Waals surface area contributed by atoms with Crippen molar-refractivity contribution in [3.63, 3.8) is 0 Å². The molecule has 0 aliphatic rings. The van der Waals surface area contributed by atoms with Crippen LogP contribution in [0.1, 0.15) is 25.9 Å². The van der Waals surface area contributed by atoms with Crippen molar-refractivity contribution in [1.29, 1.82) is 0 Å². The molecule has 0 radical (unpaired) electrons. The van der Waals surface area contributed by atoms with Gasteiger partial charge in [0.1, 0.15) is 10.8 Å². The molecule has 1 heterocycles. The minimum Gasteiger partial charge on any atom is -0.345 e. The third-order valence-corrected chi connectivity index (χ3v) is 3.66. The summed E-state index contributed by atoms with van der Waals surface area (Å²) in [6.45, 7) is 4.23. The molecule has 1 aromatic carbocycles. The monoisotopic (exact) mass is 264 g/mol. The molecule has 94 valence electrons. The van der Waals surface area contributed by atoms with Gasteiger partial charge in [-0.25, -0.2) is 9.37 Å². The van der Waals surface area contributed by atoms with Crippen LogP contribution in [0.3, 0.4) is 0 Å². The molecule has 0 atom stereocenters. The van der Waals surface area contributed by atoms with Crippen LogP contribution in [0.5, 0.6) is 0 Å². The maximum Gasteiger partial charge on any atom is 0.254 e. The van der Waals surface area contributed by atoms with E-state index in [2.05, 4.69) is 10.3 Å². The molecular weight excluding hydrogens is 251 g/mol. The van der Waals surface area contributed by atoms with Crippen molar-refractivity contribution in [2.45, 2.75) is 20.4 Å². The van der Waals surface area contributed by atoms with Gasteiger partial charge in [-0.2, -0.15) is 0 Å². The molecule has 0 unspecified atom stereocenters. The third kappa shape index (κ3) is 2.73. The second-order valence-electron chi connectivity index (χ2n) is 3.91. The second-order valence-corrected chi connectivity index (χ2v) is 5.20. The number of nitrogens with one attached hydrogen (secondary N) is 1. The maximum absolute atomic E-state index is 13.4. The molecule has 0 bridgehead atoms. The Labute approximate surface area is 109 Å². The van der Waals surface area contributed by atoms with E-state index >= 15 is 0 Å². The molecule has 0 spiro atoms. The normalized spacial score (nSPS) is 10.4.